The zero-order chi connectivity index (χ0) is 14.0. The van der Waals surface area contributed by atoms with Crippen molar-refractivity contribution in [3.8, 4) is 0 Å². The highest BCUT2D eigenvalue weighted by atomic mass is 16.6. The summed E-state index contributed by atoms with van der Waals surface area (Å²) in [6.45, 7) is 8.26. The first-order valence-electron chi connectivity index (χ1n) is 6.48. The number of carbonyl (C=O) groups excluding carboxylic acids is 1. The van der Waals surface area contributed by atoms with E-state index < -0.39 is 5.60 Å². The zero-order valence-electron chi connectivity index (χ0n) is 11.9. The van der Waals surface area contributed by atoms with Gasteiger partial charge in [0.05, 0.1) is 5.69 Å². The van der Waals surface area contributed by atoms with Crippen LogP contribution in [0.25, 0.3) is 5.57 Å². The Balaban J connectivity index is 2.08. The van der Waals surface area contributed by atoms with Crippen molar-refractivity contribution in [2.24, 2.45) is 0 Å². The number of amides is 1. The van der Waals surface area contributed by atoms with E-state index in [1.54, 1.807) is 4.90 Å². The number of ether oxygens (including phenoxy) is 1. The molecule has 0 N–H and O–H groups in total. The SMILES string of the molecule is Cc1ccc(C2=CN(C(=O)OC(C)(C)C)CC2)nc1. The first-order chi connectivity index (χ1) is 8.85. The van der Waals surface area contributed by atoms with Gasteiger partial charge in [-0.1, -0.05) is 6.07 Å². The molecule has 1 amide bonds. The standard InChI is InChI=1S/C15H20N2O2/c1-11-5-6-13(16-9-11)12-7-8-17(10-12)14(18)19-15(2,3)4/h5-6,9-10H,7-8H2,1-4H3. The number of aromatic nitrogens is 1. The monoisotopic (exact) mass is 260 g/mol. The fourth-order valence-corrected chi connectivity index (χ4v) is 1.87. The van der Waals surface area contributed by atoms with Crippen molar-refractivity contribution in [1.29, 1.82) is 0 Å². The van der Waals surface area contributed by atoms with E-state index in [0.717, 1.165) is 23.3 Å². The molecule has 102 valence electrons. The maximum absolute atomic E-state index is 11.9. The lowest BCUT2D eigenvalue weighted by molar-refractivity contribution is 0.0349. The Morgan fingerprint density at radius 1 is 1.37 bits per heavy atom. The number of rotatable bonds is 1. The van der Waals surface area contributed by atoms with E-state index in [2.05, 4.69) is 4.98 Å². The Labute approximate surface area is 114 Å². The van der Waals surface area contributed by atoms with Crippen LogP contribution in [0.15, 0.2) is 24.5 Å². The number of hydrogen-bond acceptors (Lipinski definition) is 3. The number of hydrogen-bond donors (Lipinski definition) is 0. The third-order valence-electron chi connectivity index (χ3n) is 2.80. The molecule has 0 aliphatic carbocycles. The first-order valence-corrected chi connectivity index (χ1v) is 6.48. The molecule has 4 heteroatoms. The summed E-state index contributed by atoms with van der Waals surface area (Å²) in [5, 5.41) is 0. The molecule has 0 spiro atoms. The highest BCUT2D eigenvalue weighted by Crippen LogP contribution is 2.25. The summed E-state index contributed by atoms with van der Waals surface area (Å²) in [5.74, 6) is 0. The molecule has 0 atom stereocenters. The van der Waals surface area contributed by atoms with Crippen LogP contribution in [0, 0.1) is 6.92 Å². The van der Waals surface area contributed by atoms with Crippen molar-refractivity contribution in [3.63, 3.8) is 0 Å². The normalized spacial score (nSPS) is 15.4. The van der Waals surface area contributed by atoms with Gasteiger partial charge in [0, 0.05) is 18.9 Å². The highest BCUT2D eigenvalue weighted by molar-refractivity contribution is 5.75. The van der Waals surface area contributed by atoms with E-state index in [9.17, 15) is 4.79 Å². The van der Waals surface area contributed by atoms with Gasteiger partial charge in [-0.15, -0.1) is 0 Å². The molecule has 1 aromatic heterocycles. The topological polar surface area (TPSA) is 42.4 Å². The minimum atomic E-state index is -0.463. The van der Waals surface area contributed by atoms with Crippen LogP contribution >= 0.6 is 0 Å². The van der Waals surface area contributed by atoms with Crippen LogP contribution in [0.2, 0.25) is 0 Å². The molecular formula is C15H20N2O2. The Morgan fingerprint density at radius 2 is 2.11 bits per heavy atom. The summed E-state index contributed by atoms with van der Waals surface area (Å²) < 4.78 is 5.35. The maximum Gasteiger partial charge on any atom is 0.414 e. The van der Waals surface area contributed by atoms with Crippen LogP contribution in [0.4, 0.5) is 4.79 Å². The molecule has 1 aromatic rings. The highest BCUT2D eigenvalue weighted by Gasteiger charge is 2.25. The lowest BCUT2D eigenvalue weighted by Gasteiger charge is -2.23. The summed E-state index contributed by atoms with van der Waals surface area (Å²) in [6.07, 6.45) is 4.20. The molecule has 0 aromatic carbocycles. The quantitative estimate of drug-likeness (QED) is 0.777. The van der Waals surface area contributed by atoms with Crippen molar-refractivity contribution in [2.75, 3.05) is 6.54 Å². The Bertz CT molecular complexity index is 498. The Kier molecular flexibility index (Phi) is 3.60. The molecule has 1 aliphatic rings. The van der Waals surface area contributed by atoms with Gasteiger partial charge in [0.15, 0.2) is 0 Å². The van der Waals surface area contributed by atoms with Gasteiger partial charge in [-0.2, -0.15) is 0 Å². The van der Waals surface area contributed by atoms with Gasteiger partial charge >= 0.3 is 6.09 Å². The van der Waals surface area contributed by atoms with Crippen molar-refractivity contribution < 1.29 is 9.53 Å². The van der Waals surface area contributed by atoms with Gasteiger partial charge in [0.25, 0.3) is 0 Å². The fraction of sp³-hybridized carbons (Fsp3) is 0.467. The predicted octanol–water partition coefficient (Wildman–Crippen LogP) is 3.37. The number of carbonyl (C=O) groups is 1. The van der Waals surface area contributed by atoms with Gasteiger partial charge in [-0.3, -0.25) is 9.88 Å². The second kappa shape index (κ2) is 5.03. The summed E-state index contributed by atoms with van der Waals surface area (Å²) in [7, 11) is 0. The largest absolute Gasteiger partial charge is 0.443 e. The van der Waals surface area contributed by atoms with Crippen molar-refractivity contribution in [1.82, 2.24) is 9.88 Å². The fourth-order valence-electron chi connectivity index (χ4n) is 1.87. The summed E-state index contributed by atoms with van der Waals surface area (Å²) >= 11 is 0. The van der Waals surface area contributed by atoms with Gasteiger partial charge < -0.3 is 4.74 Å². The molecule has 0 fully saturated rings. The Hall–Kier alpha value is -1.84. The minimum Gasteiger partial charge on any atom is -0.443 e. The average Bonchev–Trinajstić information content (AvgIpc) is 2.77. The average molecular weight is 260 g/mol. The van der Waals surface area contributed by atoms with Crippen molar-refractivity contribution >= 4 is 11.7 Å². The number of pyridine rings is 1. The van der Waals surface area contributed by atoms with E-state index >= 15 is 0 Å². The first kappa shape index (κ1) is 13.6. The molecular weight excluding hydrogens is 240 g/mol. The second-order valence-electron chi connectivity index (χ2n) is 5.80. The van der Waals surface area contributed by atoms with E-state index in [-0.39, 0.29) is 6.09 Å². The molecule has 2 heterocycles. The molecule has 0 bridgehead atoms. The zero-order valence-corrected chi connectivity index (χ0v) is 11.9. The van der Waals surface area contributed by atoms with Gasteiger partial charge in [0.2, 0.25) is 0 Å². The van der Waals surface area contributed by atoms with E-state index in [1.165, 1.54) is 0 Å². The Morgan fingerprint density at radius 3 is 2.68 bits per heavy atom. The number of aryl methyl sites for hydroxylation is 1. The number of nitrogens with zero attached hydrogens (tertiary/aromatic N) is 2. The summed E-state index contributed by atoms with van der Waals surface area (Å²) in [5.41, 5.74) is 2.67. The molecule has 0 radical (unpaired) electrons. The van der Waals surface area contributed by atoms with Gasteiger partial charge in [-0.05, 0) is 51.3 Å². The van der Waals surface area contributed by atoms with Gasteiger partial charge in [0.1, 0.15) is 5.60 Å². The van der Waals surface area contributed by atoms with Crippen LogP contribution in [-0.4, -0.2) is 28.1 Å². The minimum absolute atomic E-state index is 0.297. The van der Waals surface area contributed by atoms with E-state index in [4.69, 9.17) is 4.74 Å². The lowest BCUT2D eigenvalue weighted by atomic mass is 10.1. The van der Waals surface area contributed by atoms with Crippen molar-refractivity contribution in [2.45, 2.75) is 39.7 Å². The molecule has 4 nitrogen and oxygen atoms in total. The lowest BCUT2D eigenvalue weighted by Crippen LogP contribution is -2.32. The maximum atomic E-state index is 11.9. The van der Waals surface area contributed by atoms with E-state index in [1.807, 2.05) is 52.2 Å². The second-order valence-corrected chi connectivity index (χ2v) is 5.80. The molecule has 0 saturated carbocycles. The third kappa shape index (κ3) is 3.56. The predicted molar refractivity (Wildman–Crippen MR) is 74.5 cm³/mol. The molecule has 19 heavy (non-hydrogen) atoms. The molecule has 2 rings (SSSR count). The van der Waals surface area contributed by atoms with Crippen LogP contribution in [0.1, 0.15) is 38.4 Å². The summed E-state index contributed by atoms with van der Waals surface area (Å²) in [6, 6.07) is 4.01. The van der Waals surface area contributed by atoms with Crippen LogP contribution < -0.4 is 0 Å². The third-order valence-corrected chi connectivity index (χ3v) is 2.80. The molecule has 0 saturated heterocycles. The van der Waals surface area contributed by atoms with E-state index in [0.29, 0.717) is 6.54 Å². The van der Waals surface area contributed by atoms with Crippen LogP contribution in [-0.2, 0) is 4.74 Å². The van der Waals surface area contributed by atoms with Crippen LogP contribution in [0.5, 0.6) is 0 Å². The smallest absolute Gasteiger partial charge is 0.414 e. The molecule has 0 unspecified atom stereocenters. The van der Waals surface area contributed by atoms with Gasteiger partial charge in [-0.25, -0.2) is 4.79 Å². The summed E-state index contributed by atoms with van der Waals surface area (Å²) in [4.78, 5) is 17.9. The van der Waals surface area contributed by atoms with Crippen LogP contribution in [0.3, 0.4) is 0 Å². The molecule has 1 aliphatic heterocycles. The van der Waals surface area contributed by atoms with Crippen molar-refractivity contribution in [3.05, 3.63) is 35.8 Å².